The quantitative estimate of drug-likeness (QED) is 0.178. The van der Waals surface area contributed by atoms with Crippen LogP contribution in [0.25, 0.3) is 11.0 Å². The molecule has 0 amide bonds. The van der Waals surface area contributed by atoms with Crippen LogP contribution in [0.1, 0.15) is 7.43 Å². The molecule has 1 aliphatic heterocycles. The van der Waals surface area contributed by atoms with Crippen LogP contribution in [0.15, 0.2) is 24.3 Å². The summed E-state index contributed by atoms with van der Waals surface area (Å²) in [5.74, 6) is -0.572. The Hall–Kier alpha value is -2.68. The summed E-state index contributed by atoms with van der Waals surface area (Å²) in [6.45, 7) is 7.62. The predicted molar refractivity (Wildman–Crippen MR) is 142 cm³/mol. The Kier molecular flexibility index (Phi) is 14.1. The molecular weight excluding hydrogens is 494 g/mol. The van der Waals surface area contributed by atoms with E-state index in [4.69, 9.17) is 19.2 Å². The van der Waals surface area contributed by atoms with E-state index in [0.29, 0.717) is 52.5 Å². The lowest BCUT2D eigenvalue weighted by atomic mass is 10.3. The number of rotatable bonds is 10. The van der Waals surface area contributed by atoms with E-state index in [-0.39, 0.29) is 32.5 Å². The van der Waals surface area contributed by atoms with Crippen molar-refractivity contribution in [2.45, 2.75) is 14.1 Å². The standard InChI is InChI=1S/C24H39N7O6.CH4/c1-34-23(32)18-28-10-8-27(16-17-37-36-3)9-14-30(15-13-29(12-11-28)19-24(33)35-2)20-31-22-7-5-4-6-21(22)25-26-31;/h4-7H,8-20H2,1-3H3;1H4. The average molecular weight is 538 g/mol. The van der Waals surface area contributed by atoms with Gasteiger partial charge in [0.25, 0.3) is 0 Å². The second-order valence-corrected chi connectivity index (χ2v) is 8.87. The number of aromatic nitrogens is 3. The maximum atomic E-state index is 12.1. The summed E-state index contributed by atoms with van der Waals surface area (Å²) >= 11 is 0. The van der Waals surface area contributed by atoms with E-state index >= 15 is 0 Å². The van der Waals surface area contributed by atoms with Crippen molar-refractivity contribution in [2.24, 2.45) is 0 Å². The van der Waals surface area contributed by atoms with E-state index in [9.17, 15) is 9.59 Å². The van der Waals surface area contributed by atoms with Gasteiger partial charge in [-0.25, -0.2) is 14.5 Å². The largest absolute Gasteiger partial charge is 0.468 e. The topological polar surface area (TPSA) is 115 Å². The van der Waals surface area contributed by atoms with E-state index in [2.05, 4.69) is 29.9 Å². The lowest BCUT2D eigenvalue weighted by molar-refractivity contribution is -0.273. The highest BCUT2D eigenvalue weighted by molar-refractivity contribution is 5.73. The van der Waals surface area contributed by atoms with Gasteiger partial charge in [-0.2, -0.15) is 0 Å². The number of hydrogen-bond acceptors (Lipinski definition) is 12. The maximum Gasteiger partial charge on any atom is 0.319 e. The first-order valence-corrected chi connectivity index (χ1v) is 12.5. The lowest BCUT2D eigenvalue weighted by Gasteiger charge is -2.33. The molecular formula is C25H43N7O6. The third kappa shape index (κ3) is 10.2. The minimum absolute atomic E-state index is 0. The molecule has 0 aliphatic carbocycles. The molecule has 0 atom stereocenters. The molecule has 38 heavy (non-hydrogen) atoms. The van der Waals surface area contributed by atoms with Crippen molar-refractivity contribution >= 4 is 23.0 Å². The third-order valence-electron chi connectivity index (χ3n) is 6.45. The molecule has 1 aromatic carbocycles. The summed E-state index contributed by atoms with van der Waals surface area (Å²) in [6.07, 6.45) is 0. The smallest absolute Gasteiger partial charge is 0.319 e. The van der Waals surface area contributed by atoms with Crippen LogP contribution in [0.2, 0.25) is 0 Å². The number of fused-ring (bicyclic) bond motifs is 1. The zero-order chi connectivity index (χ0) is 26.5. The summed E-state index contributed by atoms with van der Waals surface area (Å²) in [7, 11) is 4.29. The molecule has 214 valence electrons. The Balaban J connectivity index is 0.00000507. The monoisotopic (exact) mass is 537 g/mol. The van der Waals surface area contributed by atoms with Crippen LogP contribution < -0.4 is 0 Å². The molecule has 1 aromatic heterocycles. The van der Waals surface area contributed by atoms with Crippen LogP contribution in [-0.4, -0.2) is 146 Å². The summed E-state index contributed by atoms with van der Waals surface area (Å²) in [5, 5.41) is 8.65. The molecule has 13 heteroatoms. The fourth-order valence-corrected chi connectivity index (χ4v) is 4.22. The molecule has 13 nitrogen and oxygen atoms in total. The fraction of sp³-hybridized carbons (Fsp3) is 0.680. The number of carbonyl (C=O) groups excluding carboxylic acids is 2. The van der Waals surface area contributed by atoms with Crippen molar-refractivity contribution in [2.75, 3.05) is 99.9 Å². The van der Waals surface area contributed by atoms with Crippen molar-refractivity contribution in [3.05, 3.63) is 24.3 Å². The third-order valence-corrected chi connectivity index (χ3v) is 6.45. The molecule has 0 N–H and O–H groups in total. The molecule has 0 bridgehead atoms. The van der Waals surface area contributed by atoms with Crippen molar-refractivity contribution in [1.82, 2.24) is 34.6 Å². The highest BCUT2D eigenvalue weighted by Gasteiger charge is 2.20. The summed E-state index contributed by atoms with van der Waals surface area (Å²) < 4.78 is 11.7. The Morgan fingerprint density at radius 3 is 1.87 bits per heavy atom. The first-order valence-electron chi connectivity index (χ1n) is 12.5. The number of esters is 2. The first kappa shape index (κ1) is 31.5. The van der Waals surface area contributed by atoms with Gasteiger partial charge in [-0.15, -0.1) is 5.10 Å². The van der Waals surface area contributed by atoms with Crippen molar-refractivity contribution in [3.63, 3.8) is 0 Å². The van der Waals surface area contributed by atoms with Gasteiger partial charge in [0.15, 0.2) is 0 Å². The van der Waals surface area contributed by atoms with Crippen molar-refractivity contribution in [3.8, 4) is 0 Å². The van der Waals surface area contributed by atoms with Gasteiger partial charge in [0.1, 0.15) is 5.52 Å². The number of nitrogens with zero attached hydrogens (tertiary/aromatic N) is 7. The molecule has 3 rings (SSSR count). The average Bonchev–Trinajstić information content (AvgIpc) is 3.32. The molecule has 1 aliphatic rings. The van der Waals surface area contributed by atoms with E-state index in [1.165, 1.54) is 21.3 Å². The number of para-hydroxylation sites is 1. The molecule has 2 aromatic rings. The summed E-state index contributed by atoms with van der Waals surface area (Å²) in [6, 6.07) is 7.89. The van der Waals surface area contributed by atoms with Crippen LogP contribution >= 0.6 is 0 Å². The van der Waals surface area contributed by atoms with Gasteiger partial charge in [0.05, 0.1) is 53.2 Å². The minimum atomic E-state index is -0.287. The molecule has 0 saturated carbocycles. The zero-order valence-corrected chi connectivity index (χ0v) is 22.1. The van der Waals surface area contributed by atoms with Gasteiger partial charge in [-0.3, -0.25) is 29.2 Å². The van der Waals surface area contributed by atoms with Crippen LogP contribution in [0.3, 0.4) is 0 Å². The Labute approximate surface area is 225 Å². The van der Waals surface area contributed by atoms with Gasteiger partial charge >= 0.3 is 11.9 Å². The lowest BCUT2D eigenvalue weighted by Crippen LogP contribution is -2.48. The highest BCUT2D eigenvalue weighted by atomic mass is 17.2. The van der Waals surface area contributed by atoms with Gasteiger partial charge < -0.3 is 9.47 Å². The van der Waals surface area contributed by atoms with Gasteiger partial charge in [0, 0.05) is 58.9 Å². The summed E-state index contributed by atoms with van der Waals surface area (Å²) in [5.41, 5.74) is 1.83. The molecule has 2 heterocycles. The number of benzene rings is 1. The van der Waals surface area contributed by atoms with E-state index < -0.39 is 0 Å². The molecule has 0 radical (unpaired) electrons. The summed E-state index contributed by atoms with van der Waals surface area (Å²) in [4.78, 5) is 42.7. The Morgan fingerprint density at radius 2 is 1.32 bits per heavy atom. The van der Waals surface area contributed by atoms with Crippen LogP contribution in [0, 0.1) is 0 Å². The van der Waals surface area contributed by atoms with Crippen molar-refractivity contribution in [1.29, 1.82) is 0 Å². The second-order valence-electron chi connectivity index (χ2n) is 8.87. The van der Waals surface area contributed by atoms with Crippen LogP contribution in [-0.2, 0) is 35.5 Å². The van der Waals surface area contributed by atoms with E-state index in [0.717, 1.165) is 30.7 Å². The molecule has 1 fully saturated rings. The number of hydrogen-bond donors (Lipinski definition) is 0. The van der Waals surface area contributed by atoms with Crippen molar-refractivity contribution < 1.29 is 28.8 Å². The fourth-order valence-electron chi connectivity index (χ4n) is 4.22. The number of carbonyl (C=O) groups is 2. The normalized spacial score (nSPS) is 17.3. The van der Waals surface area contributed by atoms with Gasteiger partial charge in [-0.05, 0) is 12.1 Å². The Bertz CT molecular complexity index is 975. The van der Waals surface area contributed by atoms with Gasteiger partial charge in [0.2, 0.25) is 0 Å². The van der Waals surface area contributed by atoms with E-state index in [1.54, 1.807) is 0 Å². The highest BCUT2D eigenvalue weighted by Crippen LogP contribution is 2.11. The SMILES string of the molecule is C.COOCCN1CCN(CC(=O)OC)CCN(CC(=O)OC)CCN(Cn2nnc3ccccc32)CC1. The van der Waals surface area contributed by atoms with Crippen LogP contribution in [0.4, 0.5) is 0 Å². The van der Waals surface area contributed by atoms with Crippen LogP contribution in [0.5, 0.6) is 0 Å². The zero-order valence-electron chi connectivity index (χ0n) is 22.1. The molecule has 1 saturated heterocycles. The Morgan fingerprint density at radius 1 is 0.789 bits per heavy atom. The number of methoxy groups -OCH3 is 2. The van der Waals surface area contributed by atoms with E-state index in [1.807, 2.05) is 28.9 Å². The molecule has 0 spiro atoms. The second kappa shape index (κ2) is 17.0. The molecule has 0 unspecified atom stereocenters. The predicted octanol–water partition coefficient (Wildman–Crippen LogP) is 0.171. The van der Waals surface area contributed by atoms with Gasteiger partial charge in [-0.1, -0.05) is 24.8 Å². The first-order chi connectivity index (χ1) is 18.0. The maximum absolute atomic E-state index is 12.1. The number of ether oxygens (including phenoxy) is 2. The minimum Gasteiger partial charge on any atom is -0.468 e.